The number of rotatable bonds is 4. The Morgan fingerprint density at radius 3 is 1.52 bits per heavy atom. The lowest BCUT2D eigenvalue weighted by molar-refractivity contribution is -0.150. The molecule has 0 saturated heterocycles. The second kappa shape index (κ2) is 11.0. The Balaban J connectivity index is 0.000000208. The highest BCUT2D eigenvalue weighted by Crippen LogP contribution is 2.18. The van der Waals surface area contributed by atoms with Gasteiger partial charge in [0.05, 0.1) is 36.5 Å². The normalized spacial score (nSPS) is 16.3. The van der Waals surface area contributed by atoms with E-state index in [0.717, 1.165) is 12.2 Å². The molecule has 0 bridgehead atoms. The Kier molecular flexibility index (Phi) is 9.00. The molecule has 0 spiro atoms. The third-order valence-corrected chi connectivity index (χ3v) is 2.83. The van der Waals surface area contributed by atoms with Gasteiger partial charge in [-0.25, -0.2) is 19.2 Å². The van der Waals surface area contributed by atoms with Gasteiger partial charge in [0.2, 0.25) is 0 Å². The smallest absolute Gasteiger partial charge is 0.346 e. The lowest BCUT2D eigenvalue weighted by Crippen LogP contribution is -2.16. The molecule has 0 saturated carbocycles. The van der Waals surface area contributed by atoms with Crippen LogP contribution < -0.4 is 0 Å². The summed E-state index contributed by atoms with van der Waals surface area (Å²) in [6, 6.07) is 6.53. The Labute approximate surface area is 155 Å². The van der Waals surface area contributed by atoms with Crippen LogP contribution in [0.3, 0.4) is 0 Å². The molecule has 0 fully saturated rings. The number of aliphatic hydroxyl groups excluding tert-OH is 2. The summed E-state index contributed by atoms with van der Waals surface area (Å²) in [5, 5.41) is 17.3. The molecule has 27 heavy (non-hydrogen) atoms. The summed E-state index contributed by atoms with van der Waals surface area (Å²) in [7, 11) is 0. The minimum absolute atomic E-state index is 0.297. The average molecular weight is 380 g/mol. The van der Waals surface area contributed by atoms with Crippen LogP contribution in [0.25, 0.3) is 0 Å². The van der Waals surface area contributed by atoms with Crippen LogP contribution in [0.4, 0.5) is 0 Å². The standard InChI is InChI=1S/C8H4O3.C6H14O3.C4H2O3/c9-7-5-3-1-2-4-6(5)8(10)11-7;1-5(7)3-9-4-6(2)8;5-3-1-2-4(6)7-3/h1-4H;5-8H,3-4H2,1-2H3;1-2H. The summed E-state index contributed by atoms with van der Waals surface area (Å²) < 4.78 is 13.2. The Morgan fingerprint density at radius 1 is 0.815 bits per heavy atom. The number of aliphatic hydroxyl groups is 2. The van der Waals surface area contributed by atoms with Crippen molar-refractivity contribution in [3.05, 3.63) is 47.5 Å². The third-order valence-electron chi connectivity index (χ3n) is 2.83. The quantitative estimate of drug-likeness (QED) is 0.561. The van der Waals surface area contributed by atoms with Crippen molar-refractivity contribution in [2.75, 3.05) is 13.2 Å². The summed E-state index contributed by atoms with van der Waals surface area (Å²) in [6.07, 6.45) is 1.29. The van der Waals surface area contributed by atoms with Gasteiger partial charge >= 0.3 is 23.9 Å². The van der Waals surface area contributed by atoms with E-state index in [4.69, 9.17) is 14.9 Å². The maximum absolute atomic E-state index is 10.8. The van der Waals surface area contributed by atoms with Crippen LogP contribution >= 0.6 is 0 Å². The van der Waals surface area contributed by atoms with Crippen LogP contribution in [0.5, 0.6) is 0 Å². The largest absolute Gasteiger partial charge is 0.391 e. The van der Waals surface area contributed by atoms with Crippen LogP contribution in [-0.2, 0) is 23.8 Å². The van der Waals surface area contributed by atoms with Crippen molar-refractivity contribution in [3.63, 3.8) is 0 Å². The lowest BCUT2D eigenvalue weighted by atomic mass is 10.1. The molecule has 2 unspecified atom stereocenters. The highest BCUT2D eigenvalue weighted by atomic mass is 16.6. The van der Waals surface area contributed by atoms with Gasteiger partial charge in [-0.1, -0.05) is 12.1 Å². The molecular formula is C18H20O9. The van der Waals surface area contributed by atoms with Crippen LogP contribution in [0.15, 0.2) is 36.4 Å². The predicted octanol–water partition coefficient (Wildman–Crippen LogP) is 0.388. The van der Waals surface area contributed by atoms with Crippen molar-refractivity contribution in [2.45, 2.75) is 26.1 Å². The third kappa shape index (κ3) is 8.36. The number of cyclic esters (lactones) is 4. The number of benzene rings is 1. The maximum atomic E-state index is 10.8. The minimum atomic E-state index is -0.579. The van der Waals surface area contributed by atoms with Gasteiger partial charge in [-0.3, -0.25) is 0 Å². The van der Waals surface area contributed by atoms with E-state index in [1.165, 1.54) is 0 Å². The fourth-order valence-electron chi connectivity index (χ4n) is 1.75. The summed E-state index contributed by atoms with van der Waals surface area (Å²) in [6.45, 7) is 3.87. The fourth-order valence-corrected chi connectivity index (χ4v) is 1.75. The molecule has 2 aliphatic rings. The van der Waals surface area contributed by atoms with Gasteiger partial charge < -0.3 is 24.4 Å². The summed E-state index contributed by atoms with van der Waals surface area (Å²) in [5.74, 6) is -2.26. The molecule has 1 aromatic rings. The number of carbonyl (C=O) groups is 4. The van der Waals surface area contributed by atoms with Crippen LogP contribution in [0, 0.1) is 0 Å². The van der Waals surface area contributed by atoms with E-state index >= 15 is 0 Å². The minimum Gasteiger partial charge on any atom is -0.391 e. The van der Waals surface area contributed by atoms with Gasteiger partial charge in [0.25, 0.3) is 0 Å². The molecule has 0 radical (unpaired) electrons. The molecule has 2 N–H and O–H groups in total. The molecule has 0 aromatic heterocycles. The average Bonchev–Trinajstić information content (AvgIpc) is 3.11. The van der Waals surface area contributed by atoms with Crippen LogP contribution in [-0.4, -0.2) is 59.5 Å². The van der Waals surface area contributed by atoms with Crippen molar-refractivity contribution in [1.82, 2.24) is 0 Å². The van der Waals surface area contributed by atoms with Crippen molar-refractivity contribution < 1.29 is 43.6 Å². The summed E-state index contributed by atoms with van der Waals surface area (Å²) in [4.78, 5) is 41.5. The molecule has 2 heterocycles. The summed E-state index contributed by atoms with van der Waals surface area (Å²) >= 11 is 0. The van der Waals surface area contributed by atoms with Gasteiger partial charge in [-0.2, -0.15) is 0 Å². The van der Waals surface area contributed by atoms with E-state index in [2.05, 4.69) is 9.47 Å². The molecule has 1 aromatic carbocycles. The van der Waals surface area contributed by atoms with E-state index in [-0.39, 0.29) is 0 Å². The van der Waals surface area contributed by atoms with E-state index in [1.54, 1.807) is 38.1 Å². The zero-order valence-electron chi connectivity index (χ0n) is 14.8. The zero-order chi connectivity index (χ0) is 20.4. The van der Waals surface area contributed by atoms with E-state index in [1.807, 2.05) is 0 Å². The van der Waals surface area contributed by atoms with Crippen LogP contribution in [0.2, 0.25) is 0 Å². The van der Waals surface area contributed by atoms with Gasteiger partial charge in [0.1, 0.15) is 0 Å². The van der Waals surface area contributed by atoms with E-state index in [9.17, 15) is 19.2 Å². The molecule has 2 atom stereocenters. The fraction of sp³-hybridized carbons (Fsp3) is 0.333. The Bertz CT molecular complexity index is 662. The number of esters is 4. The zero-order valence-corrected chi connectivity index (χ0v) is 14.8. The molecule has 3 rings (SSSR count). The summed E-state index contributed by atoms with van der Waals surface area (Å²) in [5.41, 5.74) is 0.718. The topological polar surface area (TPSA) is 136 Å². The number of hydrogen-bond acceptors (Lipinski definition) is 9. The molecule has 2 aliphatic heterocycles. The second-order valence-corrected chi connectivity index (χ2v) is 5.53. The molecular weight excluding hydrogens is 360 g/mol. The first-order valence-electron chi connectivity index (χ1n) is 7.94. The lowest BCUT2D eigenvalue weighted by Gasteiger charge is -2.06. The van der Waals surface area contributed by atoms with Gasteiger partial charge in [-0.15, -0.1) is 0 Å². The number of hydrogen-bond donors (Lipinski definition) is 2. The Morgan fingerprint density at radius 2 is 1.22 bits per heavy atom. The SMILES string of the molecule is CC(O)COCC(C)O.O=C1C=CC(=O)O1.O=C1OC(=O)c2ccccc21. The number of carbonyl (C=O) groups excluding carboxylic acids is 4. The first-order valence-corrected chi connectivity index (χ1v) is 7.94. The van der Waals surface area contributed by atoms with Crippen molar-refractivity contribution >= 4 is 23.9 Å². The van der Waals surface area contributed by atoms with Gasteiger partial charge in [0.15, 0.2) is 0 Å². The maximum Gasteiger partial charge on any atom is 0.346 e. The van der Waals surface area contributed by atoms with Crippen molar-refractivity contribution in [1.29, 1.82) is 0 Å². The highest BCUT2D eigenvalue weighted by molar-refractivity contribution is 6.14. The monoisotopic (exact) mass is 380 g/mol. The highest BCUT2D eigenvalue weighted by Gasteiger charge is 2.28. The number of fused-ring (bicyclic) bond motifs is 1. The first-order chi connectivity index (χ1) is 12.7. The van der Waals surface area contributed by atoms with Crippen molar-refractivity contribution in [3.8, 4) is 0 Å². The van der Waals surface area contributed by atoms with Gasteiger partial charge in [0, 0.05) is 12.2 Å². The van der Waals surface area contributed by atoms with E-state index < -0.39 is 36.1 Å². The van der Waals surface area contributed by atoms with Crippen LogP contribution in [0.1, 0.15) is 34.6 Å². The number of ether oxygens (including phenoxy) is 3. The van der Waals surface area contributed by atoms with Gasteiger partial charge in [-0.05, 0) is 26.0 Å². The van der Waals surface area contributed by atoms with E-state index in [0.29, 0.717) is 24.3 Å². The second-order valence-electron chi connectivity index (χ2n) is 5.53. The molecule has 146 valence electrons. The molecule has 9 heteroatoms. The predicted molar refractivity (Wildman–Crippen MR) is 90.6 cm³/mol. The van der Waals surface area contributed by atoms with Crippen molar-refractivity contribution in [2.24, 2.45) is 0 Å². The molecule has 0 amide bonds. The first kappa shape index (κ1) is 22.2. The Hall–Kier alpha value is -2.88. The molecule has 0 aliphatic carbocycles. The molecule has 9 nitrogen and oxygen atoms in total.